The molecule has 0 bridgehead atoms. The number of hydrogen-bond acceptors (Lipinski definition) is 4. The van der Waals surface area contributed by atoms with Gasteiger partial charge >= 0.3 is 0 Å². The predicted molar refractivity (Wildman–Crippen MR) is 81.5 cm³/mol. The summed E-state index contributed by atoms with van der Waals surface area (Å²) in [6.45, 7) is 4.13. The van der Waals surface area contributed by atoms with Crippen LogP contribution in [0.5, 0.6) is 0 Å². The first-order valence-electron chi connectivity index (χ1n) is 6.87. The highest BCUT2D eigenvalue weighted by Crippen LogP contribution is 2.39. The molecule has 2 saturated heterocycles. The lowest BCUT2D eigenvalue weighted by Crippen LogP contribution is -2.45. The van der Waals surface area contributed by atoms with Gasteiger partial charge in [0.25, 0.3) is 0 Å². The average molecular weight is 296 g/mol. The fourth-order valence-electron chi connectivity index (χ4n) is 2.86. The fourth-order valence-corrected chi connectivity index (χ4v) is 4.84. The number of thiophene rings is 1. The van der Waals surface area contributed by atoms with Crippen LogP contribution < -0.4 is 5.32 Å². The Bertz CT molecular complexity index is 456. The monoisotopic (exact) mass is 296 g/mol. The second kappa shape index (κ2) is 5.11. The first-order valence-corrected chi connectivity index (χ1v) is 8.91. The van der Waals surface area contributed by atoms with Gasteiger partial charge in [0.15, 0.2) is 0 Å². The van der Waals surface area contributed by atoms with E-state index in [1.165, 1.54) is 10.6 Å². The number of rotatable bonds is 3. The van der Waals surface area contributed by atoms with E-state index >= 15 is 0 Å². The van der Waals surface area contributed by atoms with Gasteiger partial charge in [-0.25, -0.2) is 0 Å². The highest BCUT2D eigenvalue weighted by molar-refractivity contribution is 7.99. The quantitative estimate of drug-likeness (QED) is 0.931. The maximum absolute atomic E-state index is 12.8. The first-order chi connectivity index (χ1) is 9.15. The molecule has 0 aliphatic carbocycles. The molecule has 104 valence electrons. The summed E-state index contributed by atoms with van der Waals surface area (Å²) in [4.78, 5) is 16.2. The summed E-state index contributed by atoms with van der Waals surface area (Å²) in [6.07, 6.45) is 2.03. The largest absolute Gasteiger partial charge is 0.317 e. The van der Waals surface area contributed by atoms with E-state index in [0.717, 1.165) is 18.6 Å². The highest BCUT2D eigenvalue weighted by atomic mass is 32.2. The van der Waals surface area contributed by atoms with Crippen molar-refractivity contribution in [3.05, 3.63) is 22.4 Å². The standard InChI is InChI=1S/C14H20N2OS2/c1-3-14(2)13(17)16(10-6-8-18-9-10)12(15-14)11-5-4-7-19-11/h4-5,7,10,12,15H,3,6,8-9H2,1-2H3. The number of nitrogens with one attached hydrogen (secondary N) is 1. The Morgan fingerprint density at radius 3 is 3.00 bits per heavy atom. The van der Waals surface area contributed by atoms with Crippen molar-refractivity contribution in [2.24, 2.45) is 0 Å². The van der Waals surface area contributed by atoms with Gasteiger partial charge in [0.1, 0.15) is 6.17 Å². The molecule has 3 nitrogen and oxygen atoms in total. The third kappa shape index (κ3) is 2.22. The van der Waals surface area contributed by atoms with E-state index in [0.29, 0.717) is 6.04 Å². The van der Waals surface area contributed by atoms with Crippen molar-refractivity contribution < 1.29 is 4.79 Å². The summed E-state index contributed by atoms with van der Waals surface area (Å²) in [7, 11) is 0. The molecule has 2 aliphatic rings. The van der Waals surface area contributed by atoms with E-state index in [-0.39, 0.29) is 12.1 Å². The minimum atomic E-state index is -0.401. The van der Waals surface area contributed by atoms with Crippen LogP contribution >= 0.6 is 23.1 Å². The zero-order chi connectivity index (χ0) is 13.5. The molecular formula is C14H20N2OS2. The molecule has 5 heteroatoms. The molecule has 3 rings (SSSR count). The number of nitrogens with zero attached hydrogens (tertiary/aromatic N) is 1. The fraction of sp³-hybridized carbons (Fsp3) is 0.643. The molecule has 0 aromatic carbocycles. The van der Waals surface area contributed by atoms with Crippen LogP contribution in [0, 0.1) is 0 Å². The van der Waals surface area contributed by atoms with E-state index in [2.05, 4.69) is 34.7 Å². The minimum absolute atomic E-state index is 0.0705. The normalized spacial score (nSPS) is 35.3. The van der Waals surface area contributed by atoms with E-state index in [4.69, 9.17) is 0 Å². The van der Waals surface area contributed by atoms with Gasteiger partial charge in [-0.1, -0.05) is 13.0 Å². The molecule has 3 heterocycles. The lowest BCUT2D eigenvalue weighted by atomic mass is 9.99. The van der Waals surface area contributed by atoms with E-state index in [9.17, 15) is 4.79 Å². The number of thioether (sulfide) groups is 1. The molecule has 0 saturated carbocycles. The second-order valence-electron chi connectivity index (χ2n) is 5.48. The average Bonchev–Trinajstić information content (AvgIpc) is 3.12. The Morgan fingerprint density at radius 2 is 2.42 bits per heavy atom. The maximum Gasteiger partial charge on any atom is 0.244 e. The van der Waals surface area contributed by atoms with Gasteiger partial charge in [0.2, 0.25) is 5.91 Å². The number of carbonyl (C=O) groups excluding carboxylic acids is 1. The van der Waals surface area contributed by atoms with Crippen molar-refractivity contribution in [2.45, 2.75) is 44.4 Å². The molecule has 19 heavy (non-hydrogen) atoms. The van der Waals surface area contributed by atoms with Crippen molar-refractivity contribution in [1.29, 1.82) is 0 Å². The zero-order valence-electron chi connectivity index (χ0n) is 11.4. The Labute approximate surface area is 122 Å². The van der Waals surface area contributed by atoms with Gasteiger partial charge in [-0.3, -0.25) is 10.1 Å². The molecule has 3 atom stereocenters. The van der Waals surface area contributed by atoms with Crippen molar-refractivity contribution in [3.8, 4) is 0 Å². The SMILES string of the molecule is CCC1(C)NC(c2cccs2)N(C2CCSC2)C1=O. The molecule has 0 radical (unpaired) electrons. The van der Waals surface area contributed by atoms with Crippen LogP contribution in [0.15, 0.2) is 17.5 Å². The summed E-state index contributed by atoms with van der Waals surface area (Å²) in [5.41, 5.74) is -0.401. The van der Waals surface area contributed by atoms with E-state index in [1.807, 2.05) is 18.7 Å². The van der Waals surface area contributed by atoms with Gasteiger partial charge in [0, 0.05) is 16.7 Å². The predicted octanol–water partition coefficient (Wildman–Crippen LogP) is 2.85. The minimum Gasteiger partial charge on any atom is -0.317 e. The van der Waals surface area contributed by atoms with Crippen LogP contribution in [0.25, 0.3) is 0 Å². The maximum atomic E-state index is 12.8. The van der Waals surface area contributed by atoms with Crippen LogP contribution in [-0.2, 0) is 4.79 Å². The van der Waals surface area contributed by atoms with Crippen LogP contribution in [-0.4, -0.2) is 33.9 Å². The number of carbonyl (C=O) groups is 1. The molecule has 2 aliphatic heterocycles. The first kappa shape index (κ1) is 13.5. The highest BCUT2D eigenvalue weighted by Gasteiger charge is 2.50. The summed E-state index contributed by atoms with van der Waals surface area (Å²) in [5.74, 6) is 2.53. The number of amides is 1. The summed E-state index contributed by atoms with van der Waals surface area (Å²) in [5, 5.41) is 5.66. The van der Waals surface area contributed by atoms with Gasteiger partial charge in [-0.05, 0) is 37.0 Å². The Balaban J connectivity index is 1.94. The third-order valence-electron chi connectivity index (χ3n) is 4.26. The molecule has 2 fully saturated rings. The molecule has 1 aromatic heterocycles. The van der Waals surface area contributed by atoms with Gasteiger partial charge in [0.05, 0.1) is 5.54 Å². The molecule has 1 N–H and O–H groups in total. The van der Waals surface area contributed by atoms with Crippen molar-refractivity contribution in [1.82, 2.24) is 10.2 Å². The molecule has 3 unspecified atom stereocenters. The van der Waals surface area contributed by atoms with Crippen LogP contribution in [0.4, 0.5) is 0 Å². The van der Waals surface area contributed by atoms with E-state index < -0.39 is 5.54 Å². The van der Waals surface area contributed by atoms with Crippen LogP contribution in [0.3, 0.4) is 0 Å². The molecule has 0 spiro atoms. The molecule has 1 aromatic rings. The van der Waals surface area contributed by atoms with Crippen LogP contribution in [0.1, 0.15) is 37.7 Å². The smallest absolute Gasteiger partial charge is 0.244 e. The third-order valence-corrected chi connectivity index (χ3v) is 6.33. The molecular weight excluding hydrogens is 276 g/mol. The Kier molecular flexibility index (Phi) is 3.62. The van der Waals surface area contributed by atoms with Crippen molar-refractivity contribution in [2.75, 3.05) is 11.5 Å². The number of hydrogen-bond donors (Lipinski definition) is 1. The summed E-state index contributed by atoms with van der Waals surface area (Å²) < 4.78 is 0. The Hall–Kier alpha value is -0.520. The second-order valence-corrected chi connectivity index (χ2v) is 7.61. The zero-order valence-corrected chi connectivity index (χ0v) is 13.0. The van der Waals surface area contributed by atoms with E-state index in [1.54, 1.807) is 11.3 Å². The topological polar surface area (TPSA) is 32.3 Å². The van der Waals surface area contributed by atoms with Gasteiger partial charge < -0.3 is 4.90 Å². The summed E-state index contributed by atoms with van der Waals surface area (Å²) in [6, 6.07) is 4.59. The van der Waals surface area contributed by atoms with Crippen LogP contribution in [0.2, 0.25) is 0 Å². The van der Waals surface area contributed by atoms with Gasteiger partial charge in [-0.15, -0.1) is 11.3 Å². The lowest BCUT2D eigenvalue weighted by Gasteiger charge is -2.29. The summed E-state index contributed by atoms with van der Waals surface area (Å²) >= 11 is 3.69. The van der Waals surface area contributed by atoms with Crippen molar-refractivity contribution in [3.63, 3.8) is 0 Å². The van der Waals surface area contributed by atoms with Gasteiger partial charge in [-0.2, -0.15) is 11.8 Å². The molecule has 1 amide bonds. The Morgan fingerprint density at radius 1 is 1.58 bits per heavy atom. The lowest BCUT2D eigenvalue weighted by molar-refractivity contribution is -0.134. The van der Waals surface area contributed by atoms with Crippen molar-refractivity contribution >= 4 is 29.0 Å².